The highest BCUT2D eigenvalue weighted by Crippen LogP contribution is 2.17. The first-order valence-electron chi connectivity index (χ1n) is 8.20. The van der Waals surface area contributed by atoms with Crippen molar-refractivity contribution in [2.75, 3.05) is 0 Å². The van der Waals surface area contributed by atoms with Gasteiger partial charge in [-0.1, -0.05) is 91.9 Å². The third kappa shape index (κ3) is 3.60. The first-order valence-corrected chi connectivity index (χ1v) is 8.20. The van der Waals surface area contributed by atoms with Crippen molar-refractivity contribution in [2.45, 2.75) is 20.3 Å². The van der Waals surface area contributed by atoms with E-state index in [-0.39, 0.29) is 0 Å². The molecule has 0 aliphatic carbocycles. The van der Waals surface area contributed by atoms with Gasteiger partial charge in [-0.15, -0.1) is 0 Å². The molecule has 4 aromatic rings. The minimum Gasteiger partial charge on any atom is -0.0616 e. The largest absolute Gasteiger partial charge is 0.0616 e. The maximum atomic E-state index is 2.26. The van der Waals surface area contributed by atoms with Crippen molar-refractivity contribution in [3.05, 3.63) is 96.1 Å². The molecule has 23 heavy (non-hydrogen) atoms. The second kappa shape index (κ2) is 7.11. The molecule has 0 atom stereocenters. The lowest BCUT2D eigenvalue weighted by atomic mass is 10.1. The quantitative estimate of drug-likeness (QED) is 0.374. The van der Waals surface area contributed by atoms with Crippen LogP contribution in [0.4, 0.5) is 0 Å². The molecule has 0 unspecified atom stereocenters. The van der Waals surface area contributed by atoms with Crippen LogP contribution in [0.1, 0.15) is 18.1 Å². The Kier molecular flexibility index (Phi) is 4.73. The van der Waals surface area contributed by atoms with Crippen LogP contribution in [0.3, 0.4) is 0 Å². The van der Waals surface area contributed by atoms with Crippen LogP contribution in [-0.2, 0) is 6.42 Å². The van der Waals surface area contributed by atoms with E-state index < -0.39 is 0 Å². The predicted octanol–water partition coefficient (Wildman–Crippen LogP) is 6.55. The first-order chi connectivity index (χ1) is 11.3. The van der Waals surface area contributed by atoms with Gasteiger partial charge in [0.05, 0.1) is 0 Å². The highest BCUT2D eigenvalue weighted by Gasteiger charge is 1.93. The van der Waals surface area contributed by atoms with Crippen molar-refractivity contribution in [3.63, 3.8) is 0 Å². The first kappa shape index (κ1) is 15.3. The molecule has 0 saturated heterocycles. The molecule has 0 nitrogen and oxygen atoms in total. The van der Waals surface area contributed by atoms with E-state index in [0.717, 1.165) is 6.42 Å². The molecule has 4 rings (SSSR count). The Bertz CT molecular complexity index is 914. The van der Waals surface area contributed by atoms with Gasteiger partial charge in [0.25, 0.3) is 0 Å². The van der Waals surface area contributed by atoms with Gasteiger partial charge in [0.15, 0.2) is 0 Å². The zero-order chi connectivity index (χ0) is 16.1. The number of hydrogen-bond acceptors (Lipinski definition) is 0. The van der Waals surface area contributed by atoms with E-state index in [2.05, 4.69) is 98.8 Å². The Labute approximate surface area is 138 Å². The van der Waals surface area contributed by atoms with Crippen LogP contribution in [0.5, 0.6) is 0 Å². The van der Waals surface area contributed by atoms with Gasteiger partial charge in [0.2, 0.25) is 0 Å². The lowest BCUT2D eigenvalue weighted by Gasteiger charge is -1.99. The second-order valence-corrected chi connectivity index (χ2v) is 5.83. The number of benzene rings is 4. The molecule has 0 aliphatic rings. The molecule has 0 saturated carbocycles. The SMILES string of the molecule is CCc1ccc2ccccc2c1.Cc1cccc2ccccc12. The topological polar surface area (TPSA) is 0 Å². The average Bonchev–Trinajstić information content (AvgIpc) is 2.62. The Morgan fingerprint density at radius 1 is 0.609 bits per heavy atom. The summed E-state index contributed by atoms with van der Waals surface area (Å²) >= 11 is 0. The number of aryl methyl sites for hydroxylation is 2. The van der Waals surface area contributed by atoms with Gasteiger partial charge in [-0.2, -0.15) is 0 Å². The Morgan fingerprint density at radius 3 is 2.00 bits per heavy atom. The molecule has 4 aromatic carbocycles. The molecule has 0 spiro atoms. The van der Waals surface area contributed by atoms with Gasteiger partial charge < -0.3 is 0 Å². The van der Waals surface area contributed by atoms with Crippen LogP contribution in [0.25, 0.3) is 21.5 Å². The molecule has 0 N–H and O–H groups in total. The Morgan fingerprint density at radius 2 is 1.26 bits per heavy atom. The van der Waals surface area contributed by atoms with Crippen molar-refractivity contribution < 1.29 is 0 Å². The molecular weight excluding hydrogens is 276 g/mol. The lowest BCUT2D eigenvalue weighted by molar-refractivity contribution is 1.15. The summed E-state index contributed by atoms with van der Waals surface area (Å²) in [5.41, 5.74) is 2.76. The fraction of sp³-hybridized carbons (Fsp3) is 0.130. The summed E-state index contributed by atoms with van der Waals surface area (Å²) in [4.78, 5) is 0. The standard InChI is InChI=1S/C12H12.C11H10/c1-2-10-7-8-11-5-3-4-6-12(11)9-10;1-9-5-4-7-10-6-2-3-8-11(9)10/h3-9H,2H2,1H3;2-8H,1H3. The molecule has 0 aliphatic heterocycles. The van der Waals surface area contributed by atoms with E-state index >= 15 is 0 Å². The summed E-state index contributed by atoms with van der Waals surface area (Å²) in [7, 11) is 0. The summed E-state index contributed by atoms with van der Waals surface area (Å²) in [6.07, 6.45) is 1.12. The minimum absolute atomic E-state index is 1.12. The summed E-state index contributed by atoms with van der Waals surface area (Å²) in [5.74, 6) is 0. The smallest absolute Gasteiger partial charge is 0.0155 e. The molecule has 0 aromatic heterocycles. The van der Waals surface area contributed by atoms with Crippen molar-refractivity contribution in [1.82, 2.24) is 0 Å². The van der Waals surface area contributed by atoms with Gasteiger partial charge in [-0.05, 0) is 46.0 Å². The van der Waals surface area contributed by atoms with Gasteiger partial charge in [0, 0.05) is 0 Å². The highest BCUT2D eigenvalue weighted by molar-refractivity contribution is 5.85. The highest BCUT2D eigenvalue weighted by atomic mass is 14.0. The molecule has 0 amide bonds. The third-order valence-electron chi connectivity index (χ3n) is 4.23. The van der Waals surface area contributed by atoms with Crippen LogP contribution < -0.4 is 0 Å². The van der Waals surface area contributed by atoms with Crippen LogP contribution in [0, 0.1) is 6.92 Å². The maximum absolute atomic E-state index is 2.26. The maximum Gasteiger partial charge on any atom is -0.0155 e. The molecule has 114 valence electrons. The molecule has 0 fully saturated rings. The van der Waals surface area contributed by atoms with Crippen molar-refractivity contribution in [2.24, 2.45) is 0 Å². The second-order valence-electron chi connectivity index (χ2n) is 5.83. The molecule has 0 radical (unpaired) electrons. The van der Waals surface area contributed by atoms with Crippen molar-refractivity contribution >= 4 is 21.5 Å². The van der Waals surface area contributed by atoms with Gasteiger partial charge >= 0.3 is 0 Å². The fourth-order valence-electron chi connectivity index (χ4n) is 2.85. The van der Waals surface area contributed by atoms with E-state index in [1.807, 2.05) is 0 Å². The van der Waals surface area contributed by atoms with Crippen LogP contribution in [-0.4, -0.2) is 0 Å². The lowest BCUT2D eigenvalue weighted by Crippen LogP contribution is -1.79. The summed E-state index contributed by atoms with van der Waals surface area (Å²) < 4.78 is 0. The minimum atomic E-state index is 1.12. The van der Waals surface area contributed by atoms with Gasteiger partial charge in [-0.3, -0.25) is 0 Å². The van der Waals surface area contributed by atoms with Crippen LogP contribution in [0.2, 0.25) is 0 Å². The molecule has 0 heterocycles. The Hall–Kier alpha value is -2.60. The fourth-order valence-corrected chi connectivity index (χ4v) is 2.85. The normalized spacial score (nSPS) is 10.3. The summed E-state index contributed by atoms with van der Waals surface area (Å²) in [6, 6.07) is 29.9. The average molecular weight is 298 g/mol. The molecular formula is C23H22. The van der Waals surface area contributed by atoms with Crippen molar-refractivity contribution in [3.8, 4) is 0 Å². The zero-order valence-corrected chi connectivity index (χ0v) is 13.8. The zero-order valence-electron chi connectivity index (χ0n) is 13.8. The number of fused-ring (bicyclic) bond motifs is 2. The third-order valence-corrected chi connectivity index (χ3v) is 4.23. The summed E-state index contributed by atoms with van der Waals surface area (Å²) in [6.45, 7) is 4.33. The van der Waals surface area contributed by atoms with E-state index in [4.69, 9.17) is 0 Å². The summed E-state index contributed by atoms with van der Waals surface area (Å²) in [5, 5.41) is 5.36. The van der Waals surface area contributed by atoms with E-state index in [0.29, 0.717) is 0 Å². The number of rotatable bonds is 1. The Balaban J connectivity index is 0.000000136. The van der Waals surface area contributed by atoms with E-state index in [9.17, 15) is 0 Å². The van der Waals surface area contributed by atoms with Gasteiger partial charge in [-0.25, -0.2) is 0 Å². The monoisotopic (exact) mass is 298 g/mol. The van der Waals surface area contributed by atoms with Crippen molar-refractivity contribution in [1.29, 1.82) is 0 Å². The molecule has 0 bridgehead atoms. The number of hydrogen-bond donors (Lipinski definition) is 0. The van der Waals surface area contributed by atoms with E-state index in [1.54, 1.807) is 0 Å². The molecule has 0 heteroatoms. The van der Waals surface area contributed by atoms with Crippen LogP contribution in [0.15, 0.2) is 84.9 Å². The predicted molar refractivity (Wildman–Crippen MR) is 102 cm³/mol. The van der Waals surface area contributed by atoms with Crippen LogP contribution >= 0.6 is 0 Å². The van der Waals surface area contributed by atoms with E-state index in [1.165, 1.54) is 32.7 Å². The van der Waals surface area contributed by atoms with Gasteiger partial charge in [0.1, 0.15) is 0 Å².